The van der Waals surface area contributed by atoms with Gasteiger partial charge in [0.2, 0.25) is 0 Å². The highest BCUT2D eigenvalue weighted by Gasteiger charge is 2.24. The Morgan fingerprint density at radius 1 is 1.12 bits per heavy atom. The summed E-state index contributed by atoms with van der Waals surface area (Å²) in [5.41, 5.74) is 0.748. The van der Waals surface area contributed by atoms with Crippen LogP contribution in [-0.2, 0) is 0 Å². The second-order valence-corrected chi connectivity index (χ2v) is 9.48. The standard InChI is InChI=1S/C22H22N4O4S2.ClH/c1-4-30-16-6-5-7-18-20(16)23-22(32-18)25(11-10-24(2)3)21(27)19-13-14-12-15(26(28)29)8-9-17(14)31-19;/h5-9,12-13H,4,10-11H2,1-3H3;1H. The van der Waals surface area contributed by atoms with Gasteiger partial charge in [0.05, 0.1) is 21.1 Å². The van der Waals surface area contributed by atoms with Gasteiger partial charge in [-0.15, -0.1) is 23.7 Å². The van der Waals surface area contributed by atoms with Crippen LogP contribution in [0.1, 0.15) is 16.6 Å². The SMILES string of the molecule is CCOc1cccc2sc(N(CCN(C)C)C(=O)c3cc4cc([N+](=O)[O-])ccc4s3)nc12.Cl. The van der Waals surface area contributed by atoms with Crippen molar-refractivity contribution in [1.82, 2.24) is 9.88 Å². The van der Waals surface area contributed by atoms with E-state index in [2.05, 4.69) is 0 Å². The number of fused-ring (bicyclic) bond motifs is 2. The number of thiophene rings is 1. The fourth-order valence-corrected chi connectivity index (χ4v) is 5.27. The largest absolute Gasteiger partial charge is 0.492 e. The zero-order chi connectivity index (χ0) is 22.8. The molecule has 0 spiro atoms. The number of carbonyl (C=O) groups is 1. The fourth-order valence-electron chi connectivity index (χ4n) is 3.27. The Morgan fingerprint density at radius 2 is 1.91 bits per heavy atom. The minimum atomic E-state index is -0.431. The molecular weight excluding hydrogens is 484 g/mol. The molecule has 4 aromatic rings. The van der Waals surface area contributed by atoms with Crippen LogP contribution in [0, 0.1) is 10.1 Å². The van der Waals surface area contributed by atoms with Crippen LogP contribution in [0.5, 0.6) is 5.75 Å². The molecule has 11 heteroatoms. The predicted octanol–water partition coefficient (Wildman–Crippen LogP) is 5.45. The molecule has 0 radical (unpaired) electrons. The zero-order valence-electron chi connectivity index (χ0n) is 18.3. The van der Waals surface area contributed by atoms with Crippen LogP contribution in [0.3, 0.4) is 0 Å². The number of nitro groups is 1. The Labute approximate surface area is 205 Å². The van der Waals surface area contributed by atoms with E-state index in [9.17, 15) is 14.9 Å². The molecule has 0 aliphatic carbocycles. The van der Waals surface area contributed by atoms with Crippen LogP contribution in [-0.4, -0.2) is 54.5 Å². The van der Waals surface area contributed by atoms with E-state index in [-0.39, 0.29) is 24.0 Å². The molecule has 0 saturated heterocycles. The van der Waals surface area contributed by atoms with E-state index in [1.54, 1.807) is 17.0 Å². The number of likely N-dealkylation sites (N-methyl/N-ethyl adjacent to an activating group) is 1. The van der Waals surface area contributed by atoms with Crippen LogP contribution in [0.2, 0.25) is 0 Å². The van der Waals surface area contributed by atoms with Gasteiger partial charge in [0, 0.05) is 35.3 Å². The Hall–Kier alpha value is -2.79. The van der Waals surface area contributed by atoms with Crippen molar-refractivity contribution in [2.45, 2.75) is 6.92 Å². The third-order valence-corrected chi connectivity index (χ3v) is 6.99. The van der Waals surface area contributed by atoms with Crippen molar-refractivity contribution in [3.63, 3.8) is 0 Å². The number of amides is 1. The van der Waals surface area contributed by atoms with Gasteiger partial charge in [-0.25, -0.2) is 4.98 Å². The maximum Gasteiger partial charge on any atom is 0.270 e. The van der Waals surface area contributed by atoms with Gasteiger partial charge in [-0.1, -0.05) is 17.4 Å². The molecule has 174 valence electrons. The lowest BCUT2D eigenvalue weighted by atomic mass is 10.2. The van der Waals surface area contributed by atoms with E-state index in [0.717, 1.165) is 14.9 Å². The molecule has 2 aromatic heterocycles. The van der Waals surface area contributed by atoms with Crippen LogP contribution >= 0.6 is 35.1 Å². The predicted molar refractivity (Wildman–Crippen MR) is 137 cm³/mol. The van der Waals surface area contributed by atoms with Gasteiger partial charge < -0.3 is 9.64 Å². The van der Waals surface area contributed by atoms with Crippen molar-refractivity contribution < 1.29 is 14.5 Å². The molecule has 0 aliphatic rings. The summed E-state index contributed by atoms with van der Waals surface area (Å²) in [6.07, 6.45) is 0. The number of rotatable bonds is 8. The van der Waals surface area contributed by atoms with Gasteiger partial charge in [0.15, 0.2) is 5.13 Å². The van der Waals surface area contributed by atoms with Crippen molar-refractivity contribution in [2.24, 2.45) is 0 Å². The monoisotopic (exact) mass is 506 g/mol. The average Bonchev–Trinajstić information content (AvgIpc) is 3.38. The van der Waals surface area contributed by atoms with Crippen molar-refractivity contribution in [3.8, 4) is 5.75 Å². The molecule has 0 fully saturated rings. The summed E-state index contributed by atoms with van der Waals surface area (Å²) >= 11 is 2.77. The molecule has 0 saturated carbocycles. The molecule has 0 aliphatic heterocycles. The van der Waals surface area contributed by atoms with Gasteiger partial charge >= 0.3 is 0 Å². The van der Waals surface area contributed by atoms with Gasteiger partial charge in [0.25, 0.3) is 11.6 Å². The number of halogens is 1. The number of nitro benzene ring substituents is 1. The second kappa shape index (κ2) is 10.4. The van der Waals surface area contributed by atoms with Crippen molar-refractivity contribution >= 4 is 72.1 Å². The fraction of sp³-hybridized carbons (Fsp3) is 0.273. The van der Waals surface area contributed by atoms with Crippen LogP contribution in [0.25, 0.3) is 20.3 Å². The number of anilines is 1. The number of benzene rings is 2. The first-order valence-corrected chi connectivity index (χ1v) is 11.7. The highest BCUT2D eigenvalue weighted by atomic mass is 35.5. The van der Waals surface area contributed by atoms with Crippen molar-refractivity contribution in [1.29, 1.82) is 0 Å². The van der Waals surface area contributed by atoms with Crippen molar-refractivity contribution in [2.75, 3.05) is 38.7 Å². The summed E-state index contributed by atoms with van der Waals surface area (Å²) < 4.78 is 7.48. The smallest absolute Gasteiger partial charge is 0.270 e. The van der Waals surface area contributed by atoms with Crippen LogP contribution < -0.4 is 9.64 Å². The second-order valence-electron chi connectivity index (χ2n) is 7.38. The number of hydrogen-bond donors (Lipinski definition) is 0. The normalized spacial score (nSPS) is 11.0. The first kappa shape index (κ1) is 24.8. The third kappa shape index (κ3) is 5.25. The maximum atomic E-state index is 13.6. The zero-order valence-corrected chi connectivity index (χ0v) is 20.8. The number of non-ortho nitro benzene ring substituents is 1. The topological polar surface area (TPSA) is 88.8 Å². The number of carbonyl (C=O) groups excluding carboxylic acids is 1. The van der Waals surface area contributed by atoms with Gasteiger partial charge in [-0.2, -0.15) is 0 Å². The van der Waals surface area contributed by atoms with E-state index >= 15 is 0 Å². The summed E-state index contributed by atoms with van der Waals surface area (Å²) in [6, 6.07) is 12.1. The number of nitrogens with zero attached hydrogens (tertiary/aromatic N) is 4. The molecule has 0 atom stereocenters. The summed E-state index contributed by atoms with van der Waals surface area (Å²) in [7, 11) is 3.90. The number of hydrogen-bond acceptors (Lipinski definition) is 8. The van der Waals surface area contributed by atoms with E-state index in [4.69, 9.17) is 9.72 Å². The van der Waals surface area contributed by atoms with E-state index in [0.29, 0.717) is 40.8 Å². The lowest BCUT2D eigenvalue weighted by Gasteiger charge is -2.21. The van der Waals surface area contributed by atoms with Crippen molar-refractivity contribution in [3.05, 3.63) is 57.5 Å². The number of para-hydroxylation sites is 1. The highest BCUT2D eigenvalue weighted by Crippen LogP contribution is 2.36. The molecule has 1 amide bonds. The van der Waals surface area contributed by atoms with E-state index in [1.807, 2.05) is 44.1 Å². The minimum Gasteiger partial charge on any atom is -0.492 e. The van der Waals surface area contributed by atoms with Crippen LogP contribution in [0.15, 0.2) is 42.5 Å². The molecular formula is C22H23ClN4O4S2. The molecule has 0 bridgehead atoms. The first-order chi connectivity index (χ1) is 15.4. The number of thiazole rings is 1. The minimum absolute atomic E-state index is 0. The summed E-state index contributed by atoms with van der Waals surface area (Å²) in [5.74, 6) is 0.523. The van der Waals surface area contributed by atoms with E-state index in [1.165, 1.54) is 34.8 Å². The molecule has 0 N–H and O–H groups in total. The number of aromatic nitrogens is 1. The third-order valence-electron chi connectivity index (χ3n) is 4.84. The molecule has 4 rings (SSSR count). The summed E-state index contributed by atoms with van der Waals surface area (Å²) in [4.78, 5) is 33.2. The molecule has 2 aromatic carbocycles. The summed E-state index contributed by atoms with van der Waals surface area (Å²) in [5, 5.41) is 12.4. The lowest BCUT2D eigenvalue weighted by Crippen LogP contribution is -2.36. The number of ether oxygens (including phenoxy) is 1. The van der Waals surface area contributed by atoms with Crippen LogP contribution in [0.4, 0.5) is 10.8 Å². The highest BCUT2D eigenvalue weighted by molar-refractivity contribution is 7.23. The molecule has 33 heavy (non-hydrogen) atoms. The van der Waals surface area contributed by atoms with Gasteiger partial charge in [-0.3, -0.25) is 19.8 Å². The molecule has 8 nitrogen and oxygen atoms in total. The Balaban J connectivity index is 0.00000306. The maximum absolute atomic E-state index is 13.6. The lowest BCUT2D eigenvalue weighted by molar-refractivity contribution is -0.384. The quantitative estimate of drug-likeness (QED) is 0.233. The molecule has 2 heterocycles. The first-order valence-electron chi connectivity index (χ1n) is 10.0. The van der Waals surface area contributed by atoms with E-state index < -0.39 is 4.92 Å². The summed E-state index contributed by atoms with van der Waals surface area (Å²) in [6.45, 7) is 3.58. The Kier molecular flexibility index (Phi) is 7.85. The average molecular weight is 507 g/mol. The Bertz CT molecular complexity index is 1300. The Morgan fingerprint density at radius 3 is 2.61 bits per heavy atom. The van der Waals surface area contributed by atoms with Gasteiger partial charge in [0.1, 0.15) is 11.3 Å². The molecule has 0 unspecified atom stereocenters. The van der Waals surface area contributed by atoms with Gasteiger partial charge in [-0.05, 0) is 45.3 Å².